The van der Waals surface area contributed by atoms with Crippen LogP contribution in [0.25, 0.3) is 0 Å². The number of halogens is 1. The molecule has 6 atom stereocenters. The first-order valence-corrected chi connectivity index (χ1v) is 11.2. The Bertz CT molecular complexity index is 505. The van der Waals surface area contributed by atoms with E-state index in [0.29, 0.717) is 5.92 Å². The molecule has 1 aliphatic carbocycles. The van der Waals surface area contributed by atoms with Crippen molar-refractivity contribution in [1.82, 2.24) is 0 Å². The normalized spacial score (nSPS) is 27.1. The van der Waals surface area contributed by atoms with Gasteiger partial charge in [-0.2, -0.15) is 0 Å². The molecule has 1 aliphatic rings. The predicted octanol–water partition coefficient (Wildman–Crippen LogP) is 8.22. The summed E-state index contributed by atoms with van der Waals surface area (Å²) in [6.45, 7) is 12.1. The monoisotopic (exact) mass is 360 g/mol. The Kier molecular flexibility index (Phi) is 8.64. The van der Waals surface area contributed by atoms with Crippen molar-refractivity contribution in [1.29, 1.82) is 0 Å². The number of benzene rings is 1. The first kappa shape index (κ1) is 21.5. The Labute approximate surface area is 162 Å². The predicted molar refractivity (Wildman–Crippen MR) is 112 cm³/mol. The summed E-state index contributed by atoms with van der Waals surface area (Å²) in [4.78, 5) is 0. The number of hydrogen-bond donors (Lipinski definition) is 0. The van der Waals surface area contributed by atoms with E-state index in [9.17, 15) is 4.39 Å². The molecule has 0 radical (unpaired) electrons. The van der Waals surface area contributed by atoms with Crippen molar-refractivity contribution in [3.8, 4) is 0 Å². The minimum absolute atomic E-state index is 0.119. The Balaban J connectivity index is 1.78. The van der Waals surface area contributed by atoms with Crippen molar-refractivity contribution in [2.45, 2.75) is 91.9 Å². The summed E-state index contributed by atoms with van der Waals surface area (Å²) in [7, 11) is 0. The molecule has 0 aromatic heterocycles. The zero-order valence-electron chi connectivity index (χ0n) is 17.8. The Morgan fingerprint density at radius 2 is 1.65 bits per heavy atom. The molecule has 0 amide bonds. The highest BCUT2D eigenvalue weighted by molar-refractivity contribution is 5.21. The van der Waals surface area contributed by atoms with Crippen molar-refractivity contribution in [3.05, 3.63) is 35.6 Å². The summed E-state index contributed by atoms with van der Waals surface area (Å²) in [6, 6.07) is 7.23. The molecule has 0 bridgehead atoms. The maximum absolute atomic E-state index is 13.2. The average Bonchev–Trinajstić information content (AvgIpc) is 2.62. The third-order valence-electron chi connectivity index (χ3n) is 7.23. The molecule has 0 spiro atoms. The van der Waals surface area contributed by atoms with E-state index >= 15 is 0 Å². The minimum Gasteiger partial charge on any atom is -0.207 e. The van der Waals surface area contributed by atoms with Crippen LogP contribution in [0.1, 0.15) is 97.5 Å². The SMILES string of the molecule is CCCC(C)CCC(C)C(C)CC1CCC(c2ccc(F)cc2)CC1C. The molecule has 0 saturated heterocycles. The zero-order valence-corrected chi connectivity index (χ0v) is 17.8. The lowest BCUT2D eigenvalue weighted by Crippen LogP contribution is -2.25. The fourth-order valence-corrected chi connectivity index (χ4v) is 5.03. The van der Waals surface area contributed by atoms with E-state index in [1.54, 1.807) is 12.1 Å². The van der Waals surface area contributed by atoms with Crippen molar-refractivity contribution >= 4 is 0 Å². The highest BCUT2D eigenvalue weighted by Gasteiger charge is 2.30. The first-order chi connectivity index (χ1) is 12.4. The largest absolute Gasteiger partial charge is 0.207 e. The summed E-state index contributed by atoms with van der Waals surface area (Å²) < 4.78 is 13.2. The lowest BCUT2D eigenvalue weighted by molar-refractivity contribution is 0.172. The van der Waals surface area contributed by atoms with E-state index in [1.165, 1.54) is 56.9 Å². The molecular formula is C25H41F. The van der Waals surface area contributed by atoms with Crippen LogP contribution in [0.15, 0.2) is 24.3 Å². The van der Waals surface area contributed by atoms with E-state index in [-0.39, 0.29) is 5.82 Å². The molecule has 2 rings (SSSR count). The van der Waals surface area contributed by atoms with Gasteiger partial charge < -0.3 is 0 Å². The lowest BCUT2D eigenvalue weighted by atomic mass is 9.69. The molecule has 1 fully saturated rings. The molecule has 0 heterocycles. The zero-order chi connectivity index (χ0) is 19.1. The molecular weight excluding hydrogens is 319 g/mol. The molecule has 1 heteroatoms. The van der Waals surface area contributed by atoms with Crippen LogP contribution in [0.4, 0.5) is 4.39 Å². The summed E-state index contributed by atoms with van der Waals surface area (Å²) in [5.74, 6) is 4.73. The van der Waals surface area contributed by atoms with Gasteiger partial charge in [0.2, 0.25) is 0 Å². The van der Waals surface area contributed by atoms with Gasteiger partial charge in [-0.05, 0) is 78.9 Å². The molecule has 0 N–H and O–H groups in total. The minimum atomic E-state index is -0.119. The summed E-state index contributed by atoms with van der Waals surface area (Å²) in [5.41, 5.74) is 1.34. The molecule has 0 nitrogen and oxygen atoms in total. The molecule has 26 heavy (non-hydrogen) atoms. The Morgan fingerprint density at radius 1 is 0.962 bits per heavy atom. The van der Waals surface area contributed by atoms with E-state index in [1.807, 2.05) is 12.1 Å². The van der Waals surface area contributed by atoms with Gasteiger partial charge in [0, 0.05) is 0 Å². The van der Waals surface area contributed by atoms with Crippen LogP contribution in [0.5, 0.6) is 0 Å². The summed E-state index contributed by atoms with van der Waals surface area (Å²) in [6.07, 6.45) is 10.8. The molecule has 1 aromatic rings. The van der Waals surface area contributed by atoms with Gasteiger partial charge in [0.15, 0.2) is 0 Å². The van der Waals surface area contributed by atoms with Crippen molar-refractivity contribution in [2.24, 2.45) is 29.6 Å². The van der Waals surface area contributed by atoms with Crippen LogP contribution in [-0.2, 0) is 0 Å². The average molecular weight is 361 g/mol. The number of rotatable bonds is 9. The van der Waals surface area contributed by atoms with Gasteiger partial charge in [-0.3, -0.25) is 0 Å². The van der Waals surface area contributed by atoms with Crippen molar-refractivity contribution < 1.29 is 4.39 Å². The first-order valence-electron chi connectivity index (χ1n) is 11.2. The standard InChI is InChI=1S/C25H41F/c1-6-7-18(2)8-9-19(3)20(4)16-23-10-11-24(17-21(23)5)22-12-14-25(26)15-13-22/h12-15,18-21,23-24H,6-11,16-17H2,1-5H3. The second-order valence-corrected chi connectivity index (χ2v) is 9.46. The van der Waals surface area contributed by atoms with E-state index in [2.05, 4.69) is 34.6 Å². The van der Waals surface area contributed by atoms with Crippen LogP contribution in [0.2, 0.25) is 0 Å². The third kappa shape index (κ3) is 6.39. The third-order valence-corrected chi connectivity index (χ3v) is 7.23. The van der Waals surface area contributed by atoms with E-state index in [0.717, 1.165) is 29.6 Å². The van der Waals surface area contributed by atoms with Gasteiger partial charge in [0.1, 0.15) is 5.82 Å². The van der Waals surface area contributed by atoms with Gasteiger partial charge in [0.25, 0.3) is 0 Å². The smallest absolute Gasteiger partial charge is 0.123 e. The van der Waals surface area contributed by atoms with Crippen LogP contribution in [0, 0.1) is 35.4 Å². The van der Waals surface area contributed by atoms with E-state index in [4.69, 9.17) is 0 Å². The second-order valence-electron chi connectivity index (χ2n) is 9.46. The van der Waals surface area contributed by atoms with Gasteiger partial charge in [-0.1, -0.05) is 72.4 Å². The Hall–Kier alpha value is -0.850. The lowest BCUT2D eigenvalue weighted by Gasteiger charge is -2.37. The molecule has 0 aliphatic heterocycles. The van der Waals surface area contributed by atoms with Gasteiger partial charge in [-0.25, -0.2) is 4.39 Å². The van der Waals surface area contributed by atoms with E-state index < -0.39 is 0 Å². The van der Waals surface area contributed by atoms with Crippen molar-refractivity contribution in [2.75, 3.05) is 0 Å². The van der Waals surface area contributed by atoms with Crippen LogP contribution < -0.4 is 0 Å². The van der Waals surface area contributed by atoms with Gasteiger partial charge in [0.05, 0.1) is 0 Å². The maximum atomic E-state index is 13.2. The van der Waals surface area contributed by atoms with Crippen LogP contribution in [0.3, 0.4) is 0 Å². The van der Waals surface area contributed by atoms with Gasteiger partial charge >= 0.3 is 0 Å². The second kappa shape index (κ2) is 10.5. The maximum Gasteiger partial charge on any atom is 0.123 e. The summed E-state index contributed by atoms with van der Waals surface area (Å²) >= 11 is 0. The fourth-order valence-electron chi connectivity index (χ4n) is 5.03. The molecule has 148 valence electrons. The highest BCUT2D eigenvalue weighted by Crippen LogP contribution is 2.43. The highest BCUT2D eigenvalue weighted by atomic mass is 19.1. The topological polar surface area (TPSA) is 0 Å². The fraction of sp³-hybridized carbons (Fsp3) is 0.760. The molecule has 1 aromatic carbocycles. The Morgan fingerprint density at radius 3 is 2.27 bits per heavy atom. The van der Waals surface area contributed by atoms with Crippen LogP contribution in [-0.4, -0.2) is 0 Å². The van der Waals surface area contributed by atoms with Crippen LogP contribution >= 0.6 is 0 Å². The quantitative estimate of drug-likeness (QED) is 0.416. The molecule has 1 saturated carbocycles. The molecule has 6 unspecified atom stereocenters. The number of hydrogen-bond acceptors (Lipinski definition) is 0. The van der Waals surface area contributed by atoms with Crippen molar-refractivity contribution in [3.63, 3.8) is 0 Å². The summed E-state index contributed by atoms with van der Waals surface area (Å²) in [5, 5.41) is 0. The van der Waals surface area contributed by atoms with Gasteiger partial charge in [-0.15, -0.1) is 0 Å².